The first-order valence-corrected chi connectivity index (χ1v) is 7.14. The maximum absolute atomic E-state index is 11.6. The average Bonchev–Trinajstić information content (AvgIpc) is 2.42. The van der Waals surface area contributed by atoms with E-state index in [2.05, 4.69) is 6.92 Å². The number of hydrogen-bond acceptors (Lipinski definition) is 5. The van der Waals surface area contributed by atoms with Crippen LogP contribution in [0.25, 0.3) is 0 Å². The molecule has 0 unspecified atom stereocenters. The lowest BCUT2D eigenvalue weighted by atomic mass is 9.67. The van der Waals surface area contributed by atoms with E-state index in [9.17, 15) is 14.9 Å². The SMILES string of the molecule is CCCC1(COC(=O)Oc2ccc([N+](=O)[O-])cc2)CCC1. The van der Waals surface area contributed by atoms with E-state index in [0.29, 0.717) is 6.61 Å². The Morgan fingerprint density at radius 2 is 2.00 bits per heavy atom. The molecule has 1 aliphatic rings. The summed E-state index contributed by atoms with van der Waals surface area (Å²) in [6.07, 6.45) is 4.72. The third-order valence-electron chi connectivity index (χ3n) is 3.94. The summed E-state index contributed by atoms with van der Waals surface area (Å²) >= 11 is 0. The molecule has 1 aromatic carbocycles. The predicted molar refractivity (Wildman–Crippen MR) is 76.3 cm³/mol. The van der Waals surface area contributed by atoms with Crippen molar-refractivity contribution in [2.45, 2.75) is 39.0 Å². The van der Waals surface area contributed by atoms with Crippen LogP contribution < -0.4 is 4.74 Å². The van der Waals surface area contributed by atoms with Crippen molar-refractivity contribution in [2.24, 2.45) is 5.41 Å². The molecule has 0 spiro atoms. The molecule has 0 amide bonds. The molecule has 2 rings (SSSR count). The van der Waals surface area contributed by atoms with Crippen LogP contribution in [0.4, 0.5) is 10.5 Å². The molecule has 1 aromatic rings. The van der Waals surface area contributed by atoms with Crippen molar-refractivity contribution < 1.29 is 19.2 Å². The smallest absolute Gasteiger partial charge is 0.433 e. The highest BCUT2D eigenvalue weighted by atomic mass is 16.7. The fraction of sp³-hybridized carbons (Fsp3) is 0.533. The minimum atomic E-state index is -0.758. The van der Waals surface area contributed by atoms with Crippen LogP contribution in [0.5, 0.6) is 5.75 Å². The number of nitrogens with zero attached hydrogens (tertiary/aromatic N) is 1. The van der Waals surface area contributed by atoms with E-state index in [0.717, 1.165) is 25.7 Å². The van der Waals surface area contributed by atoms with Gasteiger partial charge < -0.3 is 9.47 Å². The molecule has 0 aromatic heterocycles. The largest absolute Gasteiger partial charge is 0.513 e. The van der Waals surface area contributed by atoms with Gasteiger partial charge in [-0.1, -0.05) is 19.8 Å². The van der Waals surface area contributed by atoms with Gasteiger partial charge in [-0.05, 0) is 31.4 Å². The third kappa shape index (κ3) is 3.93. The van der Waals surface area contributed by atoms with Crippen molar-refractivity contribution in [2.75, 3.05) is 6.61 Å². The normalized spacial score (nSPS) is 15.9. The molecule has 6 nitrogen and oxygen atoms in total. The monoisotopic (exact) mass is 293 g/mol. The maximum atomic E-state index is 11.6. The molecule has 21 heavy (non-hydrogen) atoms. The molecule has 1 aliphatic carbocycles. The average molecular weight is 293 g/mol. The van der Waals surface area contributed by atoms with Gasteiger partial charge in [0.2, 0.25) is 0 Å². The predicted octanol–water partition coefficient (Wildman–Crippen LogP) is 4.08. The Labute approximate surface area is 123 Å². The van der Waals surface area contributed by atoms with Crippen LogP contribution >= 0.6 is 0 Å². The van der Waals surface area contributed by atoms with Crippen LogP contribution in [0.2, 0.25) is 0 Å². The van der Waals surface area contributed by atoms with Crippen molar-refractivity contribution in [1.29, 1.82) is 0 Å². The second-order valence-corrected chi connectivity index (χ2v) is 5.50. The van der Waals surface area contributed by atoms with Gasteiger partial charge in [-0.2, -0.15) is 0 Å². The summed E-state index contributed by atoms with van der Waals surface area (Å²) in [5.74, 6) is 0.240. The molecule has 114 valence electrons. The number of hydrogen-bond donors (Lipinski definition) is 0. The van der Waals surface area contributed by atoms with Gasteiger partial charge in [-0.3, -0.25) is 10.1 Å². The minimum Gasteiger partial charge on any atom is -0.433 e. The second-order valence-electron chi connectivity index (χ2n) is 5.50. The molecule has 0 saturated heterocycles. The summed E-state index contributed by atoms with van der Waals surface area (Å²) in [5, 5.41) is 10.5. The van der Waals surface area contributed by atoms with Crippen molar-refractivity contribution >= 4 is 11.8 Å². The first-order chi connectivity index (χ1) is 10.0. The lowest BCUT2D eigenvalue weighted by molar-refractivity contribution is -0.384. The maximum Gasteiger partial charge on any atom is 0.513 e. The summed E-state index contributed by atoms with van der Waals surface area (Å²) in [5.41, 5.74) is 0.0792. The van der Waals surface area contributed by atoms with E-state index in [-0.39, 0.29) is 16.9 Å². The van der Waals surface area contributed by atoms with Crippen molar-refractivity contribution in [3.8, 4) is 5.75 Å². The van der Waals surface area contributed by atoms with Crippen LogP contribution in [-0.4, -0.2) is 17.7 Å². The first kappa shape index (κ1) is 15.3. The molecule has 0 atom stereocenters. The van der Waals surface area contributed by atoms with E-state index in [1.165, 1.54) is 30.7 Å². The molecule has 0 N–H and O–H groups in total. The van der Waals surface area contributed by atoms with Crippen LogP contribution in [0.1, 0.15) is 39.0 Å². The molecule has 1 fully saturated rings. The number of ether oxygens (including phenoxy) is 2. The number of carbonyl (C=O) groups is 1. The quantitative estimate of drug-likeness (QED) is 0.342. The summed E-state index contributed by atoms with van der Waals surface area (Å²) in [6.45, 7) is 2.50. The number of nitro groups is 1. The zero-order valence-electron chi connectivity index (χ0n) is 12.0. The third-order valence-corrected chi connectivity index (χ3v) is 3.94. The fourth-order valence-electron chi connectivity index (χ4n) is 2.65. The van der Waals surface area contributed by atoms with Gasteiger partial charge in [-0.25, -0.2) is 4.79 Å². The van der Waals surface area contributed by atoms with Crippen LogP contribution in [0.3, 0.4) is 0 Å². The van der Waals surface area contributed by atoms with Crippen molar-refractivity contribution in [3.63, 3.8) is 0 Å². The molecular weight excluding hydrogens is 274 g/mol. The number of non-ortho nitro benzene ring substituents is 1. The van der Waals surface area contributed by atoms with Gasteiger partial charge in [0, 0.05) is 17.5 Å². The Kier molecular flexibility index (Phi) is 4.77. The summed E-state index contributed by atoms with van der Waals surface area (Å²) in [6, 6.07) is 5.33. The Hall–Kier alpha value is -2.11. The van der Waals surface area contributed by atoms with Crippen molar-refractivity contribution in [3.05, 3.63) is 34.4 Å². The van der Waals surface area contributed by atoms with Gasteiger partial charge >= 0.3 is 6.16 Å². The van der Waals surface area contributed by atoms with Gasteiger partial charge in [0.1, 0.15) is 12.4 Å². The molecular formula is C15H19NO5. The van der Waals surface area contributed by atoms with Gasteiger partial charge in [-0.15, -0.1) is 0 Å². The number of nitro benzene ring substituents is 1. The molecule has 0 bridgehead atoms. The molecule has 0 aliphatic heterocycles. The molecule has 6 heteroatoms. The highest BCUT2D eigenvalue weighted by molar-refractivity contribution is 5.64. The fourth-order valence-corrected chi connectivity index (χ4v) is 2.65. The Morgan fingerprint density at radius 3 is 2.48 bits per heavy atom. The molecule has 1 saturated carbocycles. The Morgan fingerprint density at radius 1 is 1.33 bits per heavy atom. The van der Waals surface area contributed by atoms with Crippen LogP contribution in [0, 0.1) is 15.5 Å². The van der Waals surface area contributed by atoms with Crippen molar-refractivity contribution in [1.82, 2.24) is 0 Å². The van der Waals surface area contributed by atoms with E-state index >= 15 is 0 Å². The summed E-state index contributed by atoms with van der Waals surface area (Å²) < 4.78 is 10.2. The number of carbonyl (C=O) groups excluding carboxylic acids is 1. The number of rotatable bonds is 6. The summed E-state index contributed by atoms with van der Waals surface area (Å²) in [4.78, 5) is 21.7. The highest BCUT2D eigenvalue weighted by Crippen LogP contribution is 2.45. The number of benzene rings is 1. The van der Waals surface area contributed by atoms with Gasteiger partial charge in [0.25, 0.3) is 5.69 Å². The topological polar surface area (TPSA) is 78.7 Å². The second kappa shape index (κ2) is 6.56. The minimum absolute atomic E-state index is 0.0490. The molecule has 0 radical (unpaired) electrons. The van der Waals surface area contributed by atoms with E-state index in [1.54, 1.807) is 0 Å². The lowest BCUT2D eigenvalue weighted by Gasteiger charge is -2.41. The standard InChI is InChI=1S/C15H19NO5/c1-2-8-15(9-3-10-15)11-20-14(17)21-13-6-4-12(5-7-13)16(18)19/h4-7H,2-3,8-11H2,1H3. The highest BCUT2D eigenvalue weighted by Gasteiger charge is 2.37. The zero-order valence-corrected chi connectivity index (χ0v) is 12.0. The van der Waals surface area contributed by atoms with Gasteiger partial charge in [0.15, 0.2) is 0 Å². The van der Waals surface area contributed by atoms with E-state index in [4.69, 9.17) is 9.47 Å². The Bertz CT molecular complexity index is 507. The van der Waals surface area contributed by atoms with Crippen LogP contribution in [0.15, 0.2) is 24.3 Å². The van der Waals surface area contributed by atoms with E-state index < -0.39 is 11.1 Å². The molecule has 0 heterocycles. The van der Waals surface area contributed by atoms with E-state index in [1.807, 2.05) is 0 Å². The lowest BCUT2D eigenvalue weighted by Crippen LogP contribution is -2.35. The summed E-state index contributed by atoms with van der Waals surface area (Å²) in [7, 11) is 0. The first-order valence-electron chi connectivity index (χ1n) is 7.14. The Balaban J connectivity index is 1.82. The van der Waals surface area contributed by atoms with Crippen LogP contribution in [-0.2, 0) is 4.74 Å². The zero-order chi connectivity index (χ0) is 15.3. The van der Waals surface area contributed by atoms with Gasteiger partial charge in [0.05, 0.1) is 4.92 Å².